The van der Waals surface area contributed by atoms with Crippen molar-refractivity contribution in [3.05, 3.63) is 65.0 Å². The molecule has 1 aliphatic carbocycles. The lowest BCUT2D eigenvalue weighted by Gasteiger charge is -2.20. The highest BCUT2D eigenvalue weighted by Gasteiger charge is 2.25. The molecule has 0 radical (unpaired) electrons. The maximum absolute atomic E-state index is 12.5. The summed E-state index contributed by atoms with van der Waals surface area (Å²) in [6.45, 7) is 0. The molecule has 1 N–H and O–H groups in total. The van der Waals surface area contributed by atoms with Crippen LogP contribution in [0.5, 0.6) is 0 Å². The van der Waals surface area contributed by atoms with Crippen molar-refractivity contribution < 1.29 is 9.32 Å². The zero-order valence-corrected chi connectivity index (χ0v) is 14.2. The van der Waals surface area contributed by atoms with E-state index >= 15 is 0 Å². The SMILES string of the molecule is O=C(Nc1ccccc1Cl)c1cccc(-c2noc(C3CCC3)n2)c1. The third kappa shape index (κ3) is 3.28. The largest absolute Gasteiger partial charge is 0.339 e. The van der Waals surface area contributed by atoms with Gasteiger partial charge in [-0.05, 0) is 37.1 Å². The van der Waals surface area contributed by atoms with Crippen molar-refractivity contribution >= 4 is 23.2 Å². The van der Waals surface area contributed by atoms with Crippen molar-refractivity contribution in [2.45, 2.75) is 25.2 Å². The minimum absolute atomic E-state index is 0.238. The smallest absolute Gasteiger partial charge is 0.255 e. The molecule has 0 saturated heterocycles. The lowest BCUT2D eigenvalue weighted by Crippen LogP contribution is -2.12. The van der Waals surface area contributed by atoms with E-state index in [9.17, 15) is 4.79 Å². The molecule has 0 unspecified atom stereocenters. The number of hydrogen-bond donors (Lipinski definition) is 1. The number of carbonyl (C=O) groups excluding carboxylic acids is 1. The van der Waals surface area contributed by atoms with Crippen LogP contribution in [0.3, 0.4) is 0 Å². The Labute approximate surface area is 150 Å². The number of anilines is 1. The van der Waals surface area contributed by atoms with E-state index in [2.05, 4.69) is 15.5 Å². The molecule has 1 fully saturated rings. The maximum Gasteiger partial charge on any atom is 0.255 e. The highest BCUT2D eigenvalue weighted by molar-refractivity contribution is 6.33. The van der Waals surface area contributed by atoms with Gasteiger partial charge >= 0.3 is 0 Å². The average Bonchev–Trinajstić information content (AvgIpc) is 3.05. The first-order chi connectivity index (χ1) is 12.2. The number of benzene rings is 2. The van der Waals surface area contributed by atoms with Gasteiger partial charge in [0, 0.05) is 17.0 Å². The Bertz CT molecular complexity index is 918. The molecule has 2 aromatic carbocycles. The first-order valence-electron chi connectivity index (χ1n) is 8.20. The van der Waals surface area contributed by atoms with E-state index in [1.807, 2.05) is 18.2 Å². The van der Waals surface area contributed by atoms with E-state index in [1.165, 1.54) is 6.42 Å². The van der Waals surface area contributed by atoms with Crippen LogP contribution in [0.2, 0.25) is 5.02 Å². The number of nitrogens with one attached hydrogen (secondary N) is 1. The van der Waals surface area contributed by atoms with Crippen LogP contribution in [0.25, 0.3) is 11.4 Å². The molecule has 0 atom stereocenters. The molecule has 1 aromatic heterocycles. The third-order valence-electron chi connectivity index (χ3n) is 4.40. The van der Waals surface area contributed by atoms with Crippen LogP contribution in [0.15, 0.2) is 53.1 Å². The summed E-state index contributed by atoms with van der Waals surface area (Å²) in [4.78, 5) is 17.0. The molecule has 25 heavy (non-hydrogen) atoms. The van der Waals surface area contributed by atoms with Gasteiger partial charge in [-0.3, -0.25) is 4.79 Å². The van der Waals surface area contributed by atoms with E-state index < -0.39 is 0 Å². The van der Waals surface area contributed by atoms with Crippen molar-refractivity contribution in [3.63, 3.8) is 0 Å². The Morgan fingerprint density at radius 2 is 2.00 bits per heavy atom. The number of rotatable bonds is 4. The molecule has 1 heterocycles. The Hall–Kier alpha value is -2.66. The summed E-state index contributed by atoms with van der Waals surface area (Å²) < 4.78 is 5.36. The van der Waals surface area contributed by atoms with Crippen LogP contribution < -0.4 is 5.32 Å². The summed E-state index contributed by atoms with van der Waals surface area (Å²) in [6.07, 6.45) is 3.41. The summed E-state index contributed by atoms with van der Waals surface area (Å²) in [5, 5.41) is 7.36. The third-order valence-corrected chi connectivity index (χ3v) is 4.73. The van der Waals surface area contributed by atoms with Crippen molar-refractivity contribution in [1.82, 2.24) is 10.1 Å². The number of aromatic nitrogens is 2. The van der Waals surface area contributed by atoms with Gasteiger partial charge in [0.05, 0.1) is 10.7 Å². The van der Waals surface area contributed by atoms with Gasteiger partial charge in [0.1, 0.15) is 0 Å². The molecule has 126 valence electrons. The van der Waals surface area contributed by atoms with E-state index in [0.717, 1.165) is 18.4 Å². The van der Waals surface area contributed by atoms with E-state index in [1.54, 1.807) is 30.3 Å². The maximum atomic E-state index is 12.5. The summed E-state index contributed by atoms with van der Waals surface area (Å²) in [5.74, 6) is 1.34. The summed E-state index contributed by atoms with van der Waals surface area (Å²) >= 11 is 6.09. The Kier molecular flexibility index (Phi) is 4.24. The van der Waals surface area contributed by atoms with Gasteiger partial charge in [-0.1, -0.05) is 47.4 Å². The minimum atomic E-state index is -0.238. The van der Waals surface area contributed by atoms with Gasteiger partial charge in [0.2, 0.25) is 11.7 Å². The van der Waals surface area contributed by atoms with E-state index in [0.29, 0.717) is 33.9 Å². The molecule has 6 heteroatoms. The van der Waals surface area contributed by atoms with E-state index in [4.69, 9.17) is 16.1 Å². The quantitative estimate of drug-likeness (QED) is 0.723. The Morgan fingerprint density at radius 1 is 1.16 bits per heavy atom. The Balaban J connectivity index is 1.55. The zero-order chi connectivity index (χ0) is 17.2. The molecule has 1 aliphatic rings. The first-order valence-corrected chi connectivity index (χ1v) is 8.58. The lowest BCUT2D eigenvalue weighted by atomic mass is 9.85. The van der Waals surface area contributed by atoms with Crippen LogP contribution in [0.1, 0.15) is 41.4 Å². The zero-order valence-electron chi connectivity index (χ0n) is 13.4. The molecule has 0 bridgehead atoms. The second kappa shape index (κ2) is 6.69. The fourth-order valence-electron chi connectivity index (χ4n) is 2.73. The monoisotopic (exact) mass is 353 g/mol. The number of halogens is 1. The van der Waals surface area contributed by atoms with Gasteiger partial charge in [0.25, 0.3) is 5.91 Å². The predicted molar refractivity (Wildman–Crippen MR) is 95.7 cm³/mol. The second-order valence-electron chi connectivity index (χ2n) is 6.10. The van der Waals surface area contributed by atoms with Gasteiger partial charge in [-0.15, -0.1) is 0 Å². The summed E-state index contributed by atoms with van der Waals surface area (Å²) in [5.41, 5.74) is 1.83. The minimum Gasteiger partial charge on any atom is -0.339 e. The number of hydrogen-bond acceptors (Lipinski definition) is 4. The lowest BCUT2D eigenvalue weighted by molar-refractivity contribution is 0.102. The highest BCUT2D eigenvalue weighted by Crippen LogP contribution is 2.36. The molecular weight excluding hydrogens is 338 g/mol. The van der Waals surface area contributed by atoms with Crippen molar-refractivity contribution in [2.75, 3.05) is 5.32 Å². The van der Waals surface area contributed by atoms with Gasteiger partial charge < -0.3 is 9.84 Å². The number of nitrogens with zero attached hydrogens (tertiary/aromatic N) is 2. The van der Waals surface area contributed by atoms with Gasteiger partial charge in [0.15, 0.2) is 0 Å². The first kappa shape index (κ1) is 15.8. The standard InChI is InChI=1S/C19H16ClN3O2/c20-15-9-1-2-10-16(15)21-18(24)14-8-4-7-13(11-14)17-22-19(25-23-17)12-5-3-6-12/h1-2,4,7-12H,3,5-6H2,(H,21,24). The van der Waals surface area contributed by atoms with Crippen molar-refractivity contribution in [1.29, 1.82) is 0 Å². The normalized spacial score (nSPS) is 14.1. The Morgan fingerprint density at radius 3 is 2.76 bits per heavy atom. The number of amides is 1. The van der Waals surface area contributed by atoms with Crippen LogP contribution in [-0.4, -0.2) is 16.0 Å². The van der Waals surface area contributed by atoms with Crippen LogP contribution in [0, 0.1) is 0 Å². The van der Waals surface area contributed by atoms with Crippen molar-refractivity contribution in [2.24, 2.45) is 0 Å². The summed E-state index contributed by atoms with van der Waals surface area (Å²) in [6, 6.07) is 14.3. The number of carbonyl (C=O) groups is 1. The predicted octanol–water partition coefficient (Wildman–Crippen LogP) is 4.91. The molecule has 1 amide bonds. The van der Waals surface area contributed by atoms with Gasteiger partial charge in [-0.25, -0.2) is 0 Å². The van der Waals surface area contributed by atoms with Gasteiger partial charge in [-0.2, -0.15) is 4.98 Å². The van der Waals surface area contributed by atoms with E-state index in [-0.39, 0.29) is 5.91 Å². The molecule has 0 aliphatic heterocycles. The molecule has 1 saturated carbocycles. The molecule has 3 aromatic rings. The molecule has 5 nitrogen and oxygen atoms in total. The van der Waals surface area contributed by atoms with Crippen LogP contribution in [-0.2, 0) is 0 Å². The highest BCUT2D eigenvalue weighted by atomic mass is 35.5. The average molecular weight is 354 g/mol. The van der Waals surface area contributed by atoms with Crippen LogP contribution in [0.4, 0.5) is 5.69 Å². The topological polar surface area (TPSA) is 68.0 Å². The second-order valence-corrected chi connectivity index (χ2v) is 6.51. The number of para-hydroxylation sites is 1. The van der Waals surface area contributed by atoms with Crippen LogP contribution >= 0.6 is 11.6 Å². The molecule has 0 spiro atoms. The molecule has 4 rings (SSSR count). The fourth-order valence-corrected chi connectivity index (χ4v) is 2.91. The van der Waals surface area contributed by atoms with Crippen molar-refractivity contribution in [3.8, 4) is 11.4 Å². The summed E-state index contributed by atoms with van der Waals surface area (Å²) in [7, 11) is 0. The fraction of sp³-hybridized carbons (Fsp3) is 0.211. The molecular formula is C19H16ClN3O2.